The fourth-order valence-corrected chi connectivity index (χ4v) is 4.62. The van der Waals surface area contributed by atoms with Crippen LogP contribution in [0.3, 0.4) is 0 Å². The summed E-state index contributed by atoms with van der Waals surface area (Å²) in [5.41, 5.74) is 1.48. The number of halogens is 3. The molecule has 1 heterocycles. The first-order chi connectivity index (χ1) is 15.8. The van der Waals surface area contributed by atoms with Gasteiger partial charge in [0.2, 0.25) is 0 Å². The zero-order valence-electron chi connectivity index (χ0n) is 17.6. The first-order valence-corrected chi connectivity index (χ1v) is 12.4. The van der Waals surface area contributed by atoms with E-state index in [1.807, 2.05) is 6.92 Å². The molecule has 0 saturated carbocycles. The smallest absolute Gasteiger partial charge is 0.326 e. The molecule has 0 aromatic heterocycles. The summed E-state index contributed by atoms with van der Waals surface area (Å²) in [4.78, 5) is 37.8. The van der Waals surface area contributed by atoms with E-state index in [-0.39, 0.29) is 18.1 Å². The normalized spacial score (nSPS) is 14.8. The molecule has 174 valence electrons. The van der Waals surface area contributed by atoms with E-state index < -0.39 is 23.7 Å². The van der Waals surface area contributed by atoms with Gasteiger partial charge in [0.25, 0.3) is 11.1 Å². The van der Waals surface area contributed by atoms with Crippen LogP contribution in [0.2, 0.25) is 10.0 Å². The number of hydrogen-bond acceptors (Lipinski definition) is 6. The van der Waals surface area contributed by atoms with Crippen molar-refractivity contribution in [3.05, 3.63) is 66.9 Å². The van der Waals surface area contributed by atoms with Gasteiger partial charge in [-0.15, -0.1) is 0 Å². The predicted molar refractivity (Wildman–Crippen MR) is 133 cm³/mol. The number of imide groups is 1. The van der Waals surface area contributed by atoms with Crippen molar-refractivity contribution in [1.29, 1.82) is 0 Å². The Hall–Kier alpha value is -2.00. The van der Waals surface area contributed by atoms with Gasteiger partial charge in [-0.25, -0.2) is 0 Å². The average Bonchev–Trinajstić information content (AvgIpc) is 3.02. The summed E-state index contributed by atoms with van der Waals surface area (Å²) < 4.78 is 11.5. The molecule has 0 spiro atoms. The number of benzene rings is 2. The summed E-state index contributed by atoms with van der Waals surface area (Å²) >= 11 is 16.3. The highest BCUT2D eigenvalue weighted by atomic mass is 79.9. The number of carbonyl (C=O) groups excluding carboxylic acids is 3. The molecule has 1 saturated heterocycles. The summed E-state index contributed by atoms with van der Waals surface area (Å²) in [6.07, 6.45) is 3.21. The molecule has 1 aliphatic heterocycles. The molecule has 33 heavy (non-hydrogen) atoms. The molecule has 1 fully saturated rings. The molecule has 0 radical (unpaired) electrons. The lowest BCUT2D eigenvalue weighted by molar-refractivity contribution is -0.146. The van der Waals surface area contributed by atoms with Gasteiger partial charge >= 0.3 is 5.97 Å². The number of hydrogen-bond donors (Lipinski definition) is 0. The third-order valence-electron chi connectivity index (χ3n) is 4.57. The lowest BCUT2D eigenvalue weighted by Gasteiger charge is -2.11. The van der Waals surface area contributed by atoms with Gasteiger partial charge in [0.05, 0.1) is 16.0 Å². The minimum atomic E-state index is -0.600. The van der Waals surface area contributed by atoms with Crippen LogP contribution in [0, 0.1) is 0 Å². The highest BCUT2D eigenvalue weighted by Crippen LogP contribution is 2.34. The van der Waals surface area contributed by atoms with E-state index in [1.54, 1.807) is 42.5 Å². The Morgan fingerprint density at radius 1 is 1.18 bits per heavy atom. The molecule has 2 aromatic rings. The molecule has 6 nitrogen and oxygen atoms in total. The van der Waals surface area contributed by atoms with Crippen LogP contribution in [0.5, 0.6) is 5.75 Å². The molecule has 2 amide bonds. The SMILES string of the molecule is CCCCOC(=O)CN1C(=O)S/C(=C/c2ccc(OCc3ccc(Cl)cc3Cl)c(Br)c2)C1=O. The Morgan fingerprint density at radius 2 is 1.97 bits per heavy atom. The number of unbranched alkanes of at least 4 members (excludes halogenated alkanes) is 1. The lowest BCUT2D eigenvalue weighted by atomic mass is 10.2. The molecule has 0 aliphatic carbocycles. The van der Waals surface area contributed by atoms with Crippen LogP contribution >= 0.6 is 50.9 Å². The number of rotatable bonds is 9. The van der Waals surface area contributed by atoms with Crippen LogP contribution in [0.1, 0.15) is 30.9 Å². The topological polar surface area (TPSA) is 72.9 Å². The summed E-state index contributed by atoms with van der Waals surface area (Å²) in [5, 5.41) is 0.560. The van der Waals surface area contributed by atoms with Crippen molar-refractivity contribution in [2.75, 3.05) is 13.2 Å². The predicted octanol–water partition coefficient (Wildman–Crippen LogP) is 6.71. The minimum Gasteiger partial charge on any atom is -0.488 e. The number of ether oxygens (including phenoxy) is 2. The van der Waals surface area contributed by atoms with Gasteiger partial charge in [0.15, 0.2) is 0 Å². The van der Waals surface area contributed by atoms with Gasteiger partial charge < -0.3 is 9.47 Å². The van der Waals surface area contributed by atoms with Crippen molar-refractivity contribution in [3.63, 3.8) is 0 Å². The number of esters is 1. The van der Waals surface area contributed by atoms with E-state index in [9.17, 15) is 14.4 Å². The molecule has 0 N–H and O–H groups in total. The van der Waals surface area contributed by atoms with Crippen molar-refractivity contribution in [2.45, 2.75) is 26.4 Å². The first-order valence-electron chi connectivity index (χ1n) is 10.1. The first kappa shape index (κ1) is 25.6. The Morgan fingerprint density at radius 3 is 2.67 bits per heavy atom. The molecule has 1 aliphatic rings. The van der Waals surface area contributed by atoms with Gasteiger partial charge in [-0.1, -0.05) is 48.7 Å². The van der Waals surface area contributed by atoms with Crippen LogP contribution in [0.25, 0.3) is 6.08 Å². The number of thioether (sulfide) groups is 1. The van der Waals surface area contributed by atoms with Gasteiger partial charge in [-0.3, -0.25) is 19.3 Å². The Kier molecular flexibility index (Phi) is 9.26. The Balaban J connectivity index is 1.64. The molecule has 0 bridgehead atoms. The van der Waals surface area contributed by atoms with E-state index in [1.165, 1.54) is 0 Å². The molecule has 2 aromatic carbocycles. The van der Waals surface area contributed by atoms with E-state index in [2.05, 4.69) is 15.9 Å². The Labute approximate surface area is 214 Å². The van der Waals surface area contributed by atoms with Crippen molar-refractivity contribution in [3.8, 4) is 5.75 Å². The number of nitrogens with zero attached hydrogens (tertiary/aromatic N) is 1. The fourth-order valence-electron chi connectivity index (χ4n) is 2.81. The molecule has 0 unspecified atom stereocenters. The molecule has 3 rings (SSSR count). The quantitative estimate of drug-likeness (QED) is 0.189. The van der Waals surface area contributed by atoms with E-state index in [4.69, 9.17) is 32.7 Å². The van der Waals surface area contributed by atoms with Crippen LogP contribution in [0.4, 0.5) is 4.79 Å². The summed E-state index contributed by atoms with van der Waals surface area (Å²) in [7, 11) is 0. The van der Waals surface area contributed by atoms with Crippen LogP contribution < -0.4 is 4.74 Å². The maximum Gasteiger partial charge on any atom is 0.326 e. The van der Waals surface area contributed by atoms with Crippen molar-refractivity contribution in [1.82, 2.24) is 4.90 Å². The lowest BCUT2D eigenvalue weighted by Crippen LogP contribution is -2.34. The largest absolute Gasteiger partial charge is 0.488 e. The number of carbonyl (C=O) groups is 3. The van der Waals surface area contributed by atoms with Crippen molar-refractivity contribution in [2.24, 2.45) is 0 Å². The van der Waals surface area contributed by atoms with Gasteiger partial charge in [-0.05, 0) is 70.0 Å². The maximum absolute atomic E-state index is 12.6. The average molecular weight is 573 g/mol. The van der Waals surface area contributed by atoms with Crippen LogP contribution in [-0.4, -0.2) is 35.2 Å². The highest BCUT2D eigenvalue weighted by molar-refractivity contribution is 9.10. The Bertz CT molecular complexity index is 1110. The van der Waals surface area contributed by atoms with Gasteiger partial charge in [0, 0.05) is 15.6 Å². The second kappa shape index (κ2) is 11.9. The number of amides is 2. The monoisotopic (exact) mass is 571 g/mol. The zero-order valence-corrected chi connectivity index (χ0v) is 21.5. The summed E-state index contributed by atoms with van der Waals surface area (Å²) in [6, 6.07) is 10.5. The minimum absolute atomic E-state index is 0.231. The van der Waals surface area contributed by atoms with Crippen LogP contribution in [-0.2, 0) is 20.9 Å². The van der Waals surface area contributed by atoms with Crippen molar-refractivity contribution < 1.29 is 23.9 Å². The van der Waals surface area contributed by atoms with E-state index in [0.717, 1.165) is 35.1 Å². The third kappa shape index (κ3) is 6.99. The maximum atomic E-state index is 12.6. The third-order valence-corrected chi connectivity index (χ3v) is 6.69. The second-order valence-electron chi connectivity index (χ2n) is 7.06. The molecular formula is C23H20BrCl2NO5S. The molecule has 0 atom stereocenters. The standard InChI is InChI=1S/C23H20BrCl2NO5S/c1-2-3-8-31-21(28)12-27-22(29)20(33-23(27)30)10-14-4-7-19(17(24)9-14)32-13-15-5-6-16(25)11-18(15)26/h4-7,9-11H,2-3,8,12-13H2,1H3/b20-10+. The summed E-state index contributed by atoms with van der Waals surface area (Å²) in [6.45, 7) is 2.10. The summed E-state index contributed by atoms with van der Waals surface area (Å²) in [5.74, 6) is -0.538. The molecule has 10 heteroatoms. The van der Waals surface area contributed by atoms with Crippen LogP contribution in [0.15, 0.2) is 45.8 Å². The van der Waals surface area contributed by atoms with E-state index in [0.29, 0.717) is 25.8 Å². The van der Waals surface area contributed by atoms with Gasteiger partial charge in [0.1, 0.15) is 18.9 Å². The molecular weight excluding hydrogens is 553 g/mol. The fraction of sp³-hybridized carbons (Fsp3) is 0.261. The zero-order chi connectivity index (χ0) is 24.0. The van der Waals surface area contributed by atoms with Crippen molar-refractivity contribution >= 4 is 74.1 Å². The van der Waals surface area contributed by atoms with Gasteiger partial charge in [-0.2, -0.15) is 0 Å². The highest BCUT2D eigenvalue weighted by Gasteiger charge is 2.36. The second-order valence-corrected chi connectivity index (χ2v) is 9.75. The van der Waals surface area contributed by atoms with E-state index >= 15 is 0 Å².